The number of pyridine rings is 2. The van der Waals surface area contributed by atoms with Crippen LogP contribution in [-0.2, 0) is 6.61 Å². The molecule has 0 unspecified atom stereocenters. The number of phenolic OH excluding ortho intramolecular Hbond substituents is 1. The molecule has 2 aromatic heterocycles. The second kappa shape index (κ2) is 9.40. The largest absolute Gasteiger partial charge is 0.505 e. The van der Waals surface area contributed by atoms with Crippen molar-refractivity contribution in [3.05, 3.63) is 126 Å². The van der Waals surface area contributed by atoms with Crippen molar-refractivity contribution < 1.29 is 9.84 Å². The van der Waals surface area contributed by atoms with E-state index in [1.54, 1.807) is 18.6 Å². The number of nitrogens with one attached hydrogen (secondary N) is 1. The van der Waals surface area contributed by atoms with E-state index in [1.165, 1.54) is 0 Å². The molecule has 0 aliphatic heterocycles. The third-order valence-electron chi connectivity index (χ3n) is 5.53. The lowest BCUT2D eigenvalue weighted by Crippen LogP contribution is -2.14. The van der Waals surface area contributed by atoms with Crippen molar-refractivity contribution in [2.45, 2.75) is 12.6 Å². The van der Waals surface area contributed by atoms with Crippen LogP contribution < -0.4 is 10.1 Å². The Morgan fingerprint density at radius 1 is 0.788 bits per heavy atom. The number of hydrogen-bond donors (Lipinski definition) is 2. The second-order valence-electron chi connectivity index (χ2n) is 7.71. The number of aromatic nitrogens is 2. The zero-order valence-electron chi connectivity index (χ0n) is 17.9. The highest BCUT2D eigenvalue weighted by atomic mass is 16.5. The minimum Gasteiger partial charge on any atom is -0.505 e. The van der Waals surface area contributed by atoms with Gasteiger partial charge in [0, 0.05) is 35.1 Å². The quantitative estimate of drug-likeness (QED) is 0.324. The fraction of sp³-hybridized carbons (Fsp3) is 0.0714. The summed E-state index contributed by atoms with van der Waals surface area (Å²) >= 11 is 0. The molecule has 0 bridgehead atoms. The number of aromatic hydroxyl groups is 1. The minimum atomic E-state index is -0.382. The minimum absolute atomic E-state index is 0.146. The second-order valence-corrected chi connectivity index (χ2v) is 7.71. The van der Waals surface area contributed by atoms with Gasteiger partial charge in [-0.1, -0.05) is 66.7 Å². The molecule has 0 aliphatic rings. The van der Waals surface area contributed by atoms with Gasteiger partial charge in [-0.05, 0) is 29.8 Å². The van der Waals surface area contributed by atoms with Gasteiger partial charge in [-0.25, -0.2) is 0 Å². The normalized spacial score (nSPS) is 11.8. The van der Waals surface area contributed by atoms with Crippen molar-refractivity contribution in [3.8, 4) is 11.5 Å². The predicted octanol–water partition coefficient (Wildman–Crippen LogP) is 6.12. The first-order valence-electron chi connectivity index (χ1n) is 10.8. The van der Waals surface area contributed by atoms with Gasteiger partial charge in [-0.3, -0.25) is 9.97 Å². The average Bonchev–Trinajstić information content (AvgIpc) is 2.88. The number of para-hydroxylation sites is 1. The van der Waals surface area contributed by atoms with Crippen LogP contribution in [0, 0.1) is 0 Å². The Bertz CT molecular complexity index is 1360. The van der Waals surface area contributed by atoms with Crippen LogP contribution in [-0.4, -0.2) is 15.1 Å². The van der Waals surface area contributed by atoms with E-state index in [2.05, 4.69) is 15.3 Å². The topological polar surface area (TPSA) is 67.3 Å². The van der Waals surface area contributed by atoms with Crippen molar-refractivity contribution in [1.82, 2.24) is 9.97 Å². The molecule has 5 heteroatoms. The van der Waals surface area contributed by atoms with E-state index < -0.39 is 0 Å². The first-order chi connectivity index (χ1) is 16.3. The molecule has 5 aromatic rings. The Morgan fingerprint density at radius 3 is 2.45 bits per heavy atom. The molecule has 0 fully saturated rings. The van der Waals surface area contributed by atoms with Crippen molar-refractivity contribution in [1.29, 1.82) is 0 Å². The number of benzene rings is 3. The molecule has 0 radical (unpaired) electrons. The van der Waals surface area contributed by atoms with E-state index in [4.69, 9.17) is 4.74 Å². The van der Waals surface area contributed by atoms with E-state index >= 15 is 0 Å². The van der Waals surface area contributed by atoms with Gasteiger partial charge in [0.05, 0.1) is 11.7 Å². The molecule has 2 heterocycles. The van der Waals surface area contributed by atoms with E-state index in [0.717, 1.165) is 28.0 Å². The van der Waals surface area contributed by atoms with E-state index in [-0.39, 0.29) is 11.8 Å². The fourth-order valence-corrected chi connectivity index (χ4v) is 3.90. The Morgan fingerprint density at radius 2 is 1.61 bits per heavy atom. The molecule has 5 rings (SSSR count). The summed E-state index contributed by atoms with van der Waals surface area (Å²) in [5.41, 5.74) is 4.10. The monoisotopic (exact) mass is 433 g/mol. The highest BCUT2D eigenvalue weighted by molar-refractivity contribution is 5.86. The van der Waals surface area contributed by atoms with Gasteiger partial charge >= 0.3 is 0 Å². The highest BCUT2D eigenvalue weighted by Gasteiger charge is 2.23. The van der Waals surface area contributed by atoms with Crippen LogP contribution >= 0.6 is 0 Å². The number of nitrogens with zero attached hydrogens (tertiary/aromatic N) is 2. The summed E-state index contributed by atoms with van der Waals surface area (Å²) in [7, 11) is 0. The summed E-state index contributed by atoms with van der Waals surface area (Å²) in [4.78, 5) is 8.63. The van der Waals surface area contributed by atoms with Gasteiger partial charge in [-0.2, -0.15) is 0 Å². The molecule has 2 N–H and O–H groups in total. The Kier molecular flexibility index (Phi) is 5.85. The van der Waals surface area contributed by atoms with Gasteiger partial charge < -0.3 is 15.2 Å². The Hall–Kier alpha value is -4.38. The summed E-state index contributed by atoms with van der Waals surface area (Å²) in [6, 6.07) is 29.1. The number of anilines is 1. The number of hydrogen-bond acceptors (Lipinski definition) is 5. The molecule has 0 saturated heterocycles. The first-order valence-corrected chi connectivity index (χ1v) is 10.8. The van der Waals surface area contributed by atoms with Gasteiger partial charge in [0.2, 0.25) is 0 Å². The van der Waals surface area contributed by atoms with Gasteiger partial charge in [0.25, 0.3) is 0 Å². The molecule has 0 saturated carbocycles. The van der Waals surface area contributed by atoms with Crippen LogP contribution in [0.4, 0.5) is 5.69 Å². The maximum Gasteiger partial charge on any atom is 0.147 e. The molecule has 162 valence electrons. The summed E-state index contributed by atoms with van der Waals surface area (Å²) in [5, 5.41) is 15.6. The Labute approximate surface area is 192 Å². The van der Waals surface area contributed by atoms with E-state index in [9.17, 15) is 5.11 Å². The molecular weight excluding hydrogens is 410 g/mol. The molecular formula is C28H23N3O2. The van der Waals surface area contributed by atoms with Crippen molar-refractivity contribution in [2.75, 3.05) is 5.32 Å². The lowest BCUT2D eigenvalue weighted by Gasteiger charge is -2.24. The molecule has 5 nitrogen and oxygen atoms in total. The molecule has 0 amide bonds. The van der Waals surface area contributed by atoms with E-state index in [1.807, 2.05) is 91.0 Å². The number of phenols is 1. The third kappa shape index (κ3) is 4.48. The van der Waals surface area contributed by atoms with Gasteiger partial charge in [-0.15, -0.1) is 0 Å². The fourth-order valence-electron chi connectivity index (χ4n) is 3.90. The number of rotatable bonds is 7. The van der Waals surface area contributed by atoms with Crippen LogP contribution in [0.5, 0.6) is 11.5 Å². The molecule has 1 atom stereocenters. The standard InChI is InChI=1S/C28H23N3O2/c32-28-24(15-14-21-10-6-17-30-26(21)28)27(31-22-11-7-16-29-18-22)23-12-4-5-13-25(23)33-19-20-8-2-1-3-9-20/h1-18,27,31-32H,19H2/t27-/m0/s1. The number of ether oxygens (including phenoxy) is 1. The van der Waals surface area contributed by atoms with Gasteiger partial charge in [0.15, 0.2) is 0 Å². The van der Waals surface area contributed by atoms with Gasteiger partial charge in [0.1, 0.15) is 23.6 Å². The summed E-state index contributed by atoms with van der Waals surface area (Å²) < 4.78 is 6.24. The first kappa shape index (κ1) is 20.5. The molecule has 0 spiro atoms. The summed E-state index contributed by atoms with van der Waals surface area (Å²) in [6.45, 7) is 0.447. The van der Waals surface area contributed by atoms with Crippen LogP contribution in [0.3, 0.4) is 0 Å². The van der Waals surface area contributed by atoms with Crippen LogP contribution in [0.2, 0.25) is 0 Å². The lowest BCUT2D eigenvalue weighted by molar-refractivity contribution is 0.302. The average molecular weight is 434 g/mol. The maximum absolute atomic E-state index is 11.2. The molecule has 33 heavy (non-hydrogen) atoms. The third-order valence-corrected chi connectivity index (χ3v) is 5.53. The Balaban J connectivity index is 1.58. The zero-order chi connectivity index (χ0) is 22.5. The predicted molar refractivity (Wildman–Crippen MR) is 130 cm³/mol. The van der Waals surface area contributed by atoms with E-state index in [0.29, 0.717) is 17.7 Å². The van der Waals surface area contributed by atoms with Crippen LogP contribution in [0.1, 0.15) is 22.7 Å². The zero-order valence-corrected chi connectivity index (χ0v) is 17.9. The molecule has 3 aromatic carbocycles. The summed E-state index contributed by atoms with van der Waals surface area (Å²) in [6.07, 6.45) is 5.18. The smallest absolute Gasteiger partial charge is 0.147 e. The lowest BCUT2D eigenvalue weighted by atomic mass is 9.95. The molecule has 0 aliphatic carbocycles. The van der Waals surface area contributed by atoms with Crippen molar-refractivity contribution in [2.24, 2.45) is 0 Å². The van der Waals surface area contributed by atoms with Crippen molar-refractivity contribution in [3.63, 3.8) is 0 Å². The maximum atomic E-state index is 11.2. The van der Waals surface area contributed by atoms with Crippen LogP contribution in [0.15, 0.2) is 110 Å². The van der Waals surface area contributed by atoms with Crippen LogP contribution in [0.25, 0.3) is 10.9 Å². The summed E-state index contributed by atoms with van der Waals surface area (Å²) in [5.74, 6) is 0.885. The van der Waals surface area contributed by atoms with Crippen molar-refractivity contribution >= 4 is 16.6 Å². The number of fused-ring (bicyclic) bond motifs is 1. The highest BCUT2D eigenvalue weighted by Crippen LogP contribution is 2.39. The SMILES string of the molecule is Oc1c([C@@H](Nc2cccnc2)c2ccccc2OCc2ccccc2)ccc2cccnc12.